The monoisotopic (exact) mass is 301 g/mol. The van der Waals surface area contributed by atoms with Gasteiger partial charge in [0.15, 0.2) is 0 Å². The molecule has 0 aliphatic carbocycles. The van der Waals surface area contributed by atoms with Crippen molar-refractivity contribution in [2.45, 2.75) is 65.4 Å². The van der Waals surface area contributed by atoms with Crippen LogP contribution in [0.4, 0.5) is 0 Å². The summed E-state index contributed by atoms with van der Waals surface area (Å²) >= 11 is 2.10. The largest absolute Gasteiger partial charge is 0.381 e. The maximum absolute atomic E-state index is 5.64. The first-order valence-electron chi connectivity index (χ1n) is 8.34. The number of nitrogens with zero attached hydrogens (tertiary/aromatic N) is 1. The molecule has 2 nitrogen and oxygen atoms in total. The molecule has 0 aromatic heterocycles. The van der Waals surface area contributed by atoms with Crippen molar-refractivity contribution < 1.29 is 4.74 Å². The maximum atomic E-state index is 5.64. The molecule has 0 spiro atoms. The molecular weight excluding hydrogens is 266 g/mol. The average Bonchev–Trinajstić information content (AvgIpc) is 2.41. The fourth-order valence-electron chi connectivity index (χ4n) is 2.77. The second-order valence-corrected chi connectivity index (χ2v) is 8.49. The number of hydrogen-bond donors (Lipinski definition) is 0. The Bertz CT molecular complexity index is 234. The Morgan fingerprint density at radius 2 is 1.70 bits per heavy atom. The number of hydrogen-bond acceptors (Lipinski definition) is 3. The molecule has 1 atom stereocenters. The van der Waals surface area contributed by atoms with Gasteiger partial charge in [-0.2, -0.15) is 11.8 Å². The van der Waals surface area contributed by atoms with E-state index in [0.717, 1.165) is 0 Å². The third-order valence-electron chi connectivity index (χ3n) is 4.14. The van der Waals surface area contributed by atoms with Crippen LogP contribution in [-0.4, -0.2) is 49.3 Å². The fraction of sp³-hybridized carbons (Fsp3) is 1.00. The Morgan fingerprint density at radius 3 is 2.30 bits per heavy atom. The van der Waals surface area contributed by atoms with Gasteiger partial charge < -0.3 is 9.64 Å². The van der Waals surface area contributed by atoms with E-state index in [1.807, 2.05) is 7.11 Å². The molecule has 1 heterocycles. The second-order valence-electron chi connectivity index (χ2n) is 7.26. The van der Waals surface area contributed by atoms with E-state index in [-0.39, 0.29) is 0 Å². The van der Waals surface area contributed by atoms with Crippen molar-refractivity contribution in [1.29, 1.82) is 0 Å². The number of ether oxygens (including phenoxy) is 1. The van der Waals surface area contributed by atoms with E-state index in [9.17, 15) is 0 Å². The van der Waals surface area contributed by atoms with Gasteiger partial charge in [0.1, 0.15) is 0 Å². The standard InChI is InChI=1S/C17H35NOS/c1-17(2,3)10-7-9-16(19-4)8-5-6-11-18-12-14-20-15-13-18/h16H,5-15H2,1-4H3/t16-/m0/s1. The highest BCUT2D eigenvalue weighted by molar-refractivity contribution is 7.99. The Hall–Kier alpha value is 0.270. The Balaban J connectivity index is 2.02. The van der Waals surface area contributed by atoms with Gasteiger partial charge in [0.2, 0.25) is 0 Å². The van der Waals surface area contributed by atoms with Crippen LogP contribution in [0.5, 0.6) is 0 Å². The first-order valence-corrected chi connectivity index (χ1v) is 9.49. The highest BCUT2D eigenvalue weighted by atomic mass is 32.2. The Labute approximate surface area is 131 Å². The summed E-state index contributed by atoms with van der Waals surface area (Å²) in [5.74, 6) is 2.65. The summed E-state index contributed by atoms with van der Waals surface area (Å²) in [6.07, 6.45) is 8.21. The van der Waals surface area contributed by atoms with Gasteiger partial charge in [-0.15, -0.1) is 0 Å². The first kappa shape index (κ1) is 18.3. The van der Waals surface area contributed by atoms with Gasteiger partial charge in [0.25, 0.3) is 0 Å². The molecule has 1 aliphatic heterocycles. The van der Waals surface area contributed by atoms with E-state index in [4.69, 9.17) is 4.74 Å². The number of rotatable bonds is 9. The molecule has 3 heteroatoms. The molecule has 0 amide bonds. The highest BCUT2D eigenvalue weighted by Crippen LogP contribution is 2.23. The number of methoxy groups -OCH3 is 1. The molecule has 20 heavy (non-hydrogen) atoms. The van der Waals surface area contributed by atoms with Crippen LogP contribution in [0.2, 0.25) is 0 Å². The molecule has 0 saturated carbocycles. The summed E-state index contributed by atoms with van der Waals surface area (Å²) in [6, 6.07) is 0. The zero-order valence-corrected chi connectivity index (χ0v) is 14.9. The minimum atomic E-state index is 0.463. The van der Waals surface area contributed by atoms with Crippen LogP contribution in [0.25, 0.3) is 0 Å². The van der Waals surface area contributed by atoms with Crippen LogP contribution in [0.3, 0.4) is 0 Å². The maximum Gasteiger partial charge on any atom is 0.0571 e. The summed E-state index contributed by atoms with van der Waals surface area (Å²) in [4.78, 5) is 2.62. The van der Waals surface area contributed by atoms with E-state index in [2.05, 4.69) is 37.4 Å². The van der Waals surface area contributed by atoms with Gasteiger partial charge in [-0.3, -0.25) is 0 Å². The first-order chi connectivity index (χ1) is 9.51. The summed E-state index contributed by atoms with van der Waals surface area (Å²) in [6.45, 7) is 10.9. The van der Waals surface area contributed by atoms with Crippen molar-refractivity contribution in [3.63, 3.8) is 0 Å². The van der Waals surface area contributed by atoms with Crippen LogP contribution in [0, 0.1) is 5.41 Å². The van der Waals surface area contributed by atoms with Crippen LogP contribution < -0.4 is 0 Å². The summed E-state index contributed by atoms with van der Waals surface area (Å²) in [5.41, 5.74) is 0.463. The quantitative estimate of drug-likeness (QED) is 0.584. The van der Waals surface area contributed by atoms with Crippen molar-refractivity contribution >= 4 is 11.8 Å². The lowest BCUT2D eigenvalue weighted by Crippen LogP contribution is -2.33. The zero-order chi connectivity index (χ0) is 14.8. The predicted molar refractivity (Wildman–Crippen MR) is 91.7 cm³/mol. The molecule has 0 aromatic rings. The van der Waals surface area contributed by atoms with E-state index in [1.165, 1.54) is 69.7 Å². The average molecular weight is 302 g/mol. The van der Waals surface area contributed by atoms with Crippen molar-refractivity contribution in [1.82, 2.24) is 4.90 Å². The molecule has 0 N–H and O–H groups in total. The molecule has 1 rings (SSSR count). The summed E-state index contributed by atoms with van der Waals surface area (Å²) < 4.78 is 5.64. The van der Waals surface area contributed by atoms with E-state index >= 15 is 0 Å². The van der Waals surface area contributed by atoms with Crippen molar-refractivity contribution in [3.05, 3.63) is 0 Å². The van der Waals surface area contributed by atoms with Gasteiger partial charge >= 0.3 is 0 Å². The van der Waals surface area contributed by atoms with E-state index in [0.29, 0.717) is 11.5 Å². The van der Waals surface area contributed by atoms with E-state index < -0.39 is 0 Å². The van der Waals surface area contributed by atoms with Gasteiger partial charge in [-0.25, -0.2) is 0 Å². The number of thioether (sulfide) groups is 1. The van der Waals surface area contributed by atoms with Gasteiger partial charge in [0.05, 0.1) is 6.10 Å². The summed E-state index contributed by atoms with van der Waals surface area (Å²) in [7, 11) is 1.88. The smallest absolute Gasteiger partial charge is 0.0571 e. The third-order valence-corrected chi connectivity index (χ3v) is 5.08. The van der Waals surface area contributed by atoms with Crippen molar-refractivity contribution in [3.8, 4) is 0 Å². The minimum Gasteiger partial charge on any atom is -0.381 e. The van der Waals surface area contributed by atoms with Crippen molar-refractivity contribution in [2.75, 3.05) is 38.2 Å². The Kier molecular flexibility index (Phi) is 9.23. The lowest BCUT2D eigenvalue weighted by Gasteiger charge is -2.26. The predicted octanol–water partition coefficient (Wildman–Crippen LogP) is 4.44. The third kappa shape index (κ3) is 9.25. The van der Waals surface area contributed by atoms with Crippen LogP contribution in [-0.2, 0) is 4.74 Å². The van der Waals surface area contributed by atoms with E-state index in [1.54, 1.807) is 0 Å². The van der Waals surface area contributed by atoms with Gasteiger partial charge in [-0.05, 0) is 44.1 Å². The highest BCUT2D eigenvalue weighted by Gasteiger charge is 2.13. The molecule has 0 radical (unpaired) electrons. The van der Waals surface area contributed by atoms with Crippen LogP contribution in [0.1, 0.15) is 59.3 Å². The normalized spacial score (nSPS) is 19.2. The topological polar surface area (TPSA) is 12.5 Å². The lowest BCUT2D eigenvalue weighted by atomic mass is 9.89. The Morgan fingerprint density at radius 1 is 1.05 bits per heavy atom. The van der Waals surface area contributed by atoms with Gasteiger partial charge in [0, 0.05) is 31.7 Å². The van der Waals surface area contributed by atoms with Gasteiger partial charge in [-0.1, -0.05) is 27.2 Å². The summed E-state index contributed by atoms with van der Waals surface area (Å²) in [5, 5.41) is 0. The molecule has 1 fully saturated rings. The minimum absolute atomic E-state index is 0.463. The molecule has 0 aromatic carbocycles. The fourth-order valence-corrected chi connectivity index (χ4v) is 3.75. The zero-order valence-electron chi connectivity index (χ0n) is 14.1. The molecule has 1 aliphatic rings. The number of unbranched alkanes of at least 4 members (excludes halogenated alkanes) is 1. The molecule has 0 unspecified atom stereocenters. The second kappa shape index (κ2) is 10.1. The van der Waals surface area contributed by atoms with Crippen molar-refractivity contribution in [2.24, 2.45) is 5.41 Å². The SMILES string of the molecule is CO[C@@H](CCCCN1CCSCC1)CCCC(C)(C)C. The van der Waals surface area contributed by atoms with Crippen LogP contribution in [0.15, 0.2) is 0 Å². The molecule has 0 bridgehead atoms. The lowest BCUT2D eigenvalue weighted by molar-refractivity contribution is 0.0802. The van der Waals surface area contributed by atoms with Crippen LogP contribution >= 0.6 is 11.8 Å². The molecule has 120 valence electrons. The molecular formula is C17H35NOS. The molecule has 1 saturated heterocycles.